The van der Waals surface area contributed by atoms with Crippen LogP contribution in [0.15, 0.2) is 10.5 Å². The van der Waals surface area contributed by atoms with Gasteiger partial charge in [0.1, 0.15) is 17.1 Å². The summed E-state index contributed by atoms with van der Waals surface area (Å²) in [7, 11) is 2.65. The quantitative estimate of drug-likeness (QED) is 0.727. The van der Waals surface area contributed by atoms with Crippen LogP contribution < -0.4 is 0 Å². The Hall–Kier alpha value is -1.78. The first-order valence-corrected chi connectivity index (χ1v) is 5.89. The van der Waals surface area contributed by atoms with Gasteiger partial charge >= 0.3 is 11.9 Å². The maximum absolute atomic E-state index is 11.6. The highest BCUT2D eigenvalue weighted by Crippen LogP contribution is 2.19. The Balaban J connectivity index is 2.85. The van der Waals surface area contributed by atoms with Crippen LogP contribution in [0.25, 0.3) is 0 Å². The number of hydrogen-bond donors (Lipinski definition) is 0. The lowest BCUT2D eigenvalue weighted by molar-refractivity contribution is -0.140. The predicted octanol–water partition coefficient (Wildman–Crippen LogP) is 2.12. The molecule has 0 aromatic carbocycles. The zero-order valence-electron chi connectivity index (χ0n) is 10.9. The third-order valence-corrected chi connectivity index (χ3v) is 2.55. The van der Waals surface area contributed by atoms with Crippen LogP contribution in [-0.4, -0.2) is 26.2 Å². The van der Waals surface area contributed by atoms with E-state index in [0.717, 1.165) is 18.6 Å². The Morgan fingerprint density at radius 1 is 1.22 bits per heavy atom. The highest BCUT2D eigenvalue weighted by molar-refractivity contribution is 5.90. The molecule has 1 aromatic heterocycles. The topological polar surface area (TPSA) is 65.7 Å². The molecule has 0 bridgehead atoms. The minimum absolute atomic E-state index is 0.180. The molecule has 0 amide bonds. The maximum atomic E-state index is 11.6. The standard InChI is InChI=1S/C13H18O5/c1-4-5-9-8-10(13(15)17-3)11(18-9)6-7-12(14)16-2/h8H,4-7H2,1-3H3. The number of rotatable bonds is 6. The molecule has 0 aliphatic carbocycles. The molecule has 0 saturated heterocycles. The molecule has 0 unspecified atom stereocenters. The summed E-state index contributed by atoms with van der Waals surface area (Å²) >= 11 is 0. The SMILES string of the molecule is CCCc1cc(C(=O)OC)c(CCC(=O)OC)o1. The van der Waals surface area contributed by atoms with Crippen LogP contribution in [0.3, 0.4) is 0 Å². The number of carbonyl (C=O) groups excluding carboxylic acids is 2. The van der Waals surface area contributed by atoms with E-state index in [1.54, 1.807) is 6.07 Å². The highest BCUT2D eigenvalue weighted by Gasteiger charge is 2.19. The minimum Gasteiger partial charge on any atom is -0.469 e. The van der Waals surface area contributed by atoms with Gasteiger partial charge < -0.3 is 13.9 Å². The summed E-state index contributed by atoms with van der Waals surface area (Å²) in [4.78, 5) is 22.7. The van der Waals surface area contributed by atoms with E-state index in [-0.39, 0.29) is 12.4 Å². The van der Waals surface area contributed by atoms with Gasteiger partial charge in [-0.25, -0.2) is 4.79 Å². The molecule has 5 heteroatoms. The van der Waals surface area contributed by atoms with Gasteiger partial charge in [0.2, 0.25) is 0 Å². The van der Waals surface area contributed by atoms with Crippen LogP contribution in [0.4, 0.5) is 0 Å². The summed E-state index contributed by atoms with van der Waals surface area (Å²) < 4.78 is 14.8. The minimum atomic E-state index is -0.444. The first-order valence-electron chi connectivity index (χ1n) is 5.89. The third-order valence-electron chi connectivity index (χ3n) is 2.55. The maximum Gasteiger partial charge on any atom is 0.341 e. The predicted molar refractivity (Wildman–Crippen MR) is 64.4 cm³/mol. The van der Waals surface area contributed by atoms with Gasteiger partial charge in [-0.1, -0.05) is 6.92 Å². The summed E-state index contributed by atoms with van der Waals surface area (Å²) in [5.41, 5.74) is 0.393. The van der Waals surface area contributed by atoms with Crippen molar-refractivity contribution < 1.29 is 23.5 Å². The second kappa shape index (κ2) is 6.83. The fourth-order valence-corrected chi connectivity index (χ4v) is 1.64. The van der Waals surface area contributed by atoms with Gasteiger partial charge in [0, 0.05) is 12.8 Å². The molecule has 0 aliphatic rings. The summed E-state index contributed by atoms with van der Waals surface area (Å²) in [6.07, 6.45) is 2.19. The van der Waals surface area contributed by atoms with Crippen molar-refractivity contribution in [2.75, 3.05) is 14.2 Å². The van der Waals surface area contributed by atoms with Crippen LogP contribution in [-0.2, 0) is 27.1 Å². The van der Waals surface area contributed by atoms with Gasteiger partial charge in [0.15, 0.2) is 0 Å². The van der Waals surface area contributed by atoms with Crippen molar-refractivity contribution in [2.45, 2.75) is 32.6 Å². The number of aryl methyl sites for hydroxylation is 2. The largest absolute Gasteiger partial charge is 0.469 e. The lowest BCUT2D eigenvalue weighted by Crippen LogP contribution is -2.06. The number of ether oxygens (including phenoxy) is 2. The van der Waals surface area contributed by atoms with Gasteiger partial charge in [-0.15, -0.1) is 0 Å². The lowest BCUT2D eigenvalue weighted by atomic mass is 10.1. The Morgan fingerprint density at radius 2 is 1.94 bits per heavy atom. The van der Waals surface area contributed by atoms with Crippen molar-refractivity contribution in [2.24, 2.45) is 0 Å². The fraction of sp³-hybridized carbons (Fsp3) is 0.538. The molecular weight excluding hydrogens is 236 g/mol. The Kier molecular flexibility index (Phi) is 5.42. The van der Waals surface area contributed by atoms with E-state index < -0.39 is 5.97 Å². The van der Waals surface area contributed by atoms with Gasteiger partial charge in [-0.2, -0.15) is 0 Å². The van der Waals surface area contributed by atoms with E-state index in [1.807, 2.05) is 6.92 Å². The lowest BCUT2D eigenvalue weighted by Gasteiger charge is -2.00. The summed E-state index contributed by atoms with van der Waals surface area (Å²) in [5, 5.41) is 0. The first kappa shape index (κ1) is 14.3. The molecule has 0 saturated carbocycles. The van der Waals surface area contributed by atoms with Crippen LogP contribution in [0.5, 0.6) is 0 Å². The van der Waals surface area contributed by atoms with Crippen molar-refractivity contribution in [3.05, 3.63) is 23.2 Å². The van der Waals surface area contributed by atoms with E-state index >= 15 is 0 Å². The second-order valence-corrected chi connectivity index (χ2v) is 3.87. The van der Waals surface area contributed by atoms with Crippen molar-refractivity contribution >= 4 is 11.9 Å². The number of furan rings is 1. The second-order valence-electron chi connectivity index (χ2n) is 3.87. The summed E-state index contributed by atoms with van der Waals surface area (Å²) in [6.45, 7) is 2.02. The molecule has 0 radical (unpaired) electrons. The van der Waals surface area contributed by atoms with Crippen molar-refractivity contribution in [1.82, 2.24) is 0 Å². The third kappa shape index (κ3) is 3.61. The molecule has 0 fully saturated rings. The van der Waals surface area contributed by atoms with Crippen LogP contribution in [0.2, 0.25) is 0 Å². The van der Waals surface area contributed by atoms with Crippen LogP contribution >= 0.6 is 0 Å². The zero-order valence-corrected chi connectivity index (χ0v) is 10.9. The van der Waals surface area contributed by atoms with Gasteiger partial charge in [0.05, 0.1) is 20.6 Å². The molecule has 1 heterocycles. The highest BCUT2D eigenvalue weighted by atomic mass is 16.5. The Morgan fingerprint density at radius 3 is 2.50 bits per heavy atom. The zero-order chi connectivity index (χ0) is 13.5. The van der Waals surface area contributed by atoms with E-state index in [1.165, 1.54) is 14.2 Å². The fourth-order valence-electron chi connectivity index (χ4n) is 1.64. The van der Waals surface area contributed by atoms with Crippen LogP contribution in [0, 0.1) is 0 Å². The average Bonchev–Trinajstić information content (AvgIpc) is 2.78. The summed E-state index contributed by atoms with van der Waals surface area (Å²) in [6, 6.07) is 1.68. The Labute approximate surface area is 106 Å². The van der Waals surface area contributed by atoms with Gasteiger partial charge in [-0.05, 0) is 12.5 Å². The first-order chi connectivity index (χ1) is 8.62. The smallest absolute Gasteiger partial charge is 0.341 e. The summed E-state index contributed by atoms with van der Waals surface area (Å²) in [5.74, 6) is 0.439. The van der Waals surface area contributed by atoms with Crippen molar-refractivity contribution in [3.63, 3.8) is 0 Å². The Bertz CT molecular complexity index is 419. The normalized spacial score (nSPS) is 10.2. The molecule has 1 aromatic rings. The van der Waals surface area contributed by atoms with Crippen LogP contribution in [0.1, 0.15) is 41.6 Å². The van der Waals surface area contributed by atoms with Gasteiger partial charge in [-0.3, -0.25) is 4.79 Å². The number of carbonyl (C=O) groups is 2. The average molecular weight is 254 g/mol. The van der Waals surface area contributed by atoms with E-state index in [9.17, 15) is 9.59 Å². The van der Waals surface area contributed by atoms with Crippen molar-refractivity contribution in [1.29, 1.82) is 0 Å². The molecule has 100 valence electrons. The molecule has 18 heavy (non-hydrogen) atoms. The molecule has 5 nitrogen and oxygen atoms in total. The van der Waals surface area contributed by atoms with E-state index in [0.29, 0.717) is 17.7 Å². The molecule has 1 rings (SSSR count). The van der Waals surface area contributed by atoms with E-state index in [4.69, 9.17) is 4.42 Å². The van der Waals surface area contributed by atoms with Crippen molar-refractivity contribution in [3.8, 4) is 0 Å². The molecule has 0 aliphatic heterocycles. The molecular formula is C13H18O5. The number of hydrogen-bond acceptors (Lipinski definition) is 5. The van der Waals surface area contributed by atoms with Gasteiger partial charge in [0.25, 0.3) is 0 Å². The monoisotopic (exact) mass is 254 g/mol. The molecule has 0 atom stereocenters. The molecule has 0 N–H and O–H groups in total. The van der Waals surface area contributed by atoms with E-state index in [2.05, 4.69) is 9.47 Å². The molecule has 0 spiro atoms. The number of methoxy groups -OCH3 is 2. The number of esters is 2.